The predicted octanol–water partition coefficient (Wildman–Crippen LogP) is 3.67. The quantitative estimate of drug-likeness (QED) is 0.923. The second-order valence-electron chi connectivity index (χ2n) is 6.27. The Hall–Kier alpha value is -1.42. The summed E-state index contributed by atoms with van der Waals surface area (Å²) in [4.78, 5) is 12.4. The molecule has 1 aromatic carbocycles. The molecular weight excluding hydrogens is 290 g/mol. The molecule has 21 heavy (non-hydrogen) atoms. The Morgan fingerprint density at radius 1 is 1.33 bits per heavy atom. The first-order valence-corrected chi connectivity index (χ1v) is 7.46. The largest absolute Gasteiger partial charge is 0.493 e. The summed E-state index contributed by atoms with van der Waals surface area (Å²) in [6, 6.07) is 3.48. The molecule has 1 saturated carbocycles. The van der Waals surface area contributed by atoms with E-state index in [0.717, 1.165) is 19.3 Å². The molecule has 5 heteroatoms. The van der Waals surface area contributed by atoms with E-state index < -0.39 is 0 Å². The molecule has 1 aliphatic carbocycles. The number of methoxy groups -OCH3 is 2. The number of benzene rings is 1. The standard InChI is InChI=1S/C16H22ClNO3/c1-16(2)6-5-11(9-16)18-15(19)10-7-12(17)14(21-4)13(8-10)20-3/h7-8,11H,5-6,9H2,1-4H3,(H,18,19). The van der Waals surface area contributed by atoms with Crippen LogP contribution in [0.15, 0.2) is 12.1 Å². The van der Waals surface area contributed by atoms with Crippen molar-refractivity contribution >= 4 is 17.5 Å². The fraction of sp³-hybridized carbons (Fsp3) is 0.562. The van der Waals surface area contributed by atoms with Crippen LogP contribution in [0, 0.1) is 5.41 Å². The minimum Gasteiger partial charge on any atom is -0.493 e. The first-order valence-electron chi connectivity index (χ1n) is 7.08. The van der Waals surface area contributed by atoms with Gasteiger partial charge in [-0.15, -0.1) is 0 Å². The predicted molar refractivity (Wildman–Crippen MR) is 83.4 cm³/mol. The Kier molecular flexibility index (Phi) is 4.67. The fourth-order valence-corrected chi connectivity index (χ4v) is 3.16. The van der Waals surface area contributed by atoms with Crippen molar-refractivity contribution in [1.29, 1.82) is 0 Å². The van der Waals surface area contributed by atoms with E-state index in [1.165, 1.54) is 14.2 Å². The fourth-order valence-electron chi connectivity index (χ4n) is 2.88. The lowest BCUT2D eigenvalue weighted by Crippen LogP contribution is -2.33. The smallest absolute Gasteiger partial charge is 0.251 e. The zero-order valence-electron chi connectivity index (χ0n) is 13.0. The number of carbonyl (C=O) groups is 1. The first-order chi connectivity index (χ1) is 9.86. The molecule has 0 aliphatic heterocycles. The average molecular weight is 312 g/mol. The van der Waals surface area contributed by atoms with Gasteiger partial charge in [-0.2, -0.15) is 0 Å². The number of hydrogen-bond donors (Lipinski definition) is 1. The molecule has 0 bridgehead atoms. The molecule has 1 amide bonds. The number of carbonyl (C=O) groups excluding carboxylic acids is 1. The van der Waals surface area contributed by atoms with Crippen LogP contribution < -0.4 is 14.8 Å². The van der Waals surface area contributed by atoms with Gasteiger partial charge >= 0.3 is 0 Å². The Bertz CT molecular complexity index is 543. The van der Waals surface area contributed by atoms with Crippen molar-refractivity contribution in [3.8, 4) is 11.5 Å². The maximum absolute atomic E-state index is 12.4. The second kappa shape index (κ2) is 6.14. The van der Waals surface area contributed by atoms with Crippen molar-refractivity contribution in [1.82, 2.24) is 5.32 Å². The van der Waals surface area contributed by atoms with Crippen LogP contribution in [0.3, 0.4) is 0 Å². The van der Waals surface area contributed by atoms with Gasteiger partial charge in [0.2, 0.25) is 0 Å². The highest BCUT2D eigenvalue weighted by atomic mass is 35.5. The van der Waals surface area contributed by atoms with Gasteiger partial charge in [0, 0.05) is 11.6 Å². The SMILES string of the molecule is COc1cc(C(=O)NC2CCC(C)(C)C2)cc(Cl)c1OC. The third kappa shape index (κ3) is 3.62. The summed E-state index contributed by atoms with van der Waals surface area (Å²) in [5.41, 5.74) is 0.787. The molecule has 0 radical (unpaired) electrons. The lowest BCUT2D eigenvalue weighted by Gasteiger charge is -2.18. The van der Waals surface area contributed by atoms with Crippen molar-refractivity contribution in [3.05, 3.63) is 22.7 Å². The van der Waals surface area contributed by atoms with E-state index in [0.29, 0.717) is 27.5 Å². The normalized spacial score (nSPS) is 20.1. The van der Waals surface area contributed by atoms with Crippen LogP contribution in [-0.2, 0) is 0 Å². The Balaban J connectivity index is 2.15. The number of halogens is 1. The van der Waals surface area contributed by atoms with Gasteiger partial charge in [0.05, 0.1) is 19.2 Å². The summed E-state index contributed by atoms with van der Waals surface area (Å²) >= 11 is 6.13. The van der Waals surface area contributed by atoms with E-state index >= 15 is 0 Å². The highest BCUT2D eigenvalue weighted by Gasteiger charge is 2.32. The summed E-state index contributed by atoms with van der Waals surface area (Å²) in [5.74, 6) is 0.778. The summed E-state index contributed by atoms with van der Waals surface area (Å²) in [5, 5.41) is 3.44. The number of nitrogens with one attached hydrogen (secondary N) is 1. The van der Waals surface area contributed by atoms with Crippen molar-refractivity contribution in [3.63, 3.8) is 0 Å². The van der Waals surface area contributed by atoms with Gasteiger partial charge in [0.25, 0.3) is 5.91 Å². The summed E-state index contributed by atoms with van der Waals surface area (Å²) in [6.45, 7) is 4.46. The molecule has 1 atom stereocenters. The molecule has 0 heterocycles. The minimum atomic E-state index is -0.124. The molecule has 0 saturated heterocycles. The van der Waals surface area contributed by atoms with Crippen LogP contribution in [0.2, 0.25) is 5.02 Å². The summed E-state index contributed by atoms with van der Waals surface area (Å²) in [7, 11) is 3.04. The lowest BCUT2D eigenvalue weighted by atomic mass is 9.92. The highest BCUT2D eigenvalue weighted by Crippen LogP contribution is 2.38. The summed E-state index contributed by atoms with van der Waals surface area (Å²) in [6.07, 6.45) is 3.14. The van der Waals surface area contributed by atoms with Gasteiger partial charge in [-0.05, 0) is 36.8 Å². The van der Waals surface area contributed by atoms with E-state index in [9.17, 15) is 4.79 Å². The number of hydrogen-bond acceptors (Lipinski definition) is 3. The topological polar surface area (TPSA) is 47.6 Å². The van der Waals surface area contributed by atoms with E-state index in [-0.39, 0.29) is 11.9 Å². The van der Waals surface area contributed by atoms with Crippen LogP contribution in [-0.4, -0.2) is 26.2 Å². The minimum absolute atomic E-state index is 0.124. The molecule has 1 aromatic rings. The van der Waals surface area contributed by atoms with Gasteiger partial charge < -0.3 is 14.8 Å². The van der Waals surface area contributed by atoms with E-state index in [2.05, 4.69) is 19.2 Å². The maximum Gasteiger partial charge on any atom is 0.251 e. The molecule has 1 unspecified atom stereocenters. The maximum atomic E-state index is 12.4. The molecule has 1 N–H and O–H groups in total. The van der Waals surface area contributed by atoms with Gasteiger partial charge in [-0.25, -0.2) is 0 Å². The first kappa shape index (κ1) is 16.0. The molecule has 4 nitrogen and oxygen atoms in total. The molecular formula is C16H22ClNO3. The zero-order valence-corrected chi connectivity index (χ0v) is 13.7. The van der Waals surface area contributed by atoms with Crippen molar-refractivity contribution < 1.29 is 14.3 Å². The van der Waals surface area contributed by atoms with Crippen LogP contribution in [0.5, 0.6) is 11.5 Å². The number of ether oxygens (including phenoxy) is 2. The number of amides is 1. The van der Waals surface area contributed by atoms with Crippen molar-refractivity contribution in [2.75, 3.05) is 14.2 Å². The zero-order chi connectivity index (χ0) is 15.6. The molecule has 2 rings (SSSR count). The van der Waals surface area contributed by atoms with E-state index in [1.807, 2.05) is 0 Å². The molecule has 1 fully saturated rings. The monoisotopic (exact) mass is 311 g/mol. The van der Waals surface area contributed by atoms with Gasteiger partial charge in [-0.1, -0.05) is 25.4 Å². The average Bonchev–Trinajstić information content (AvgIpc) is 2.76. The second-order valence-corrected chi connectivity index (χ2v) is 6.68. The Morgan fingerprint density at radius 2 is 2.05 bits per heavy atom. The Morgan fingerprint density at radius 3 is 2.57 bits per heavy atom. The number of rotatable bonds is 4. The molecule has 1 aliphatic rings. The molecule has 0 aromatic heterocycles. The van der Waals surface area contributed by atoms with Crippen molar-refractivity contribution in [2.45, 2.75) is 39.2 Å². The Labute approximate surface area is 130 Å². The molecule has 0 spiro atoms. The van der Waals surface area contributed by atoms with Gasteiger partial charge in [-0.3, -0.25) is 4.79 Å². The van der Waals surface area contributed by atoms with E-state index in [1.54, 1.807) is 12.1 Å². The van der Waals surface area contributed by atoms with Crippen LogP contribution in [0.25, 0.3) is 0 Å². The van der Waals surface area contributed by atoms with E-state index in [4.69, 9.17) is 21.1 Å². The van der Waals surface area contributed by atoms with Gasteiger partial charge in [0.15, 0.2) is 11.5 Å². The third-order valence-electron chi connectivity index (χ3n) is 4.00. The van der Waals surface area contributed by atoms with Gasteiger partial charge in [0.1, 0.15) is 0 Å². The third-order valence-corrected chi connectivity index (χ3v) is 4.28. The van der Waals surface area contributed by atoms with Crippen LogP contribution in [0.1, 0.15) is 43.5 Å². The highest BCUT2D eigenvalue weighted by molar-refractivity contribution is 6.32. The summed E-state index contributed by atoms with van der Waals surface area (Å²) < 4.78 is 10.4. The van der Waals surface area contributed by atoms with Crippen LogP contribution >= 0.6 is 11.6 Å². The lowest BCUT2D eigenvalue weighted by molar-refractivity contribution is 0.0935. The van der Waals surface area contributed by atoms with Crippen LogP contribution in [0.4, 0.5) is 0 Å². The molecule has 116 valence electrons. The van der Waals surface area contributed by atoms with Crippen molar-refractivity contribution in [2.24, 2.45) is 5.41 Å².